The van der Waals surface area contributed by atoms with Gasteiger partial charge in [-0.25, -0.2) is 4.79 Å². The Bertz CT molecular complexity index is 540. The van der Waals surface area contributed by atoms with Crippen LogP contribution in [0.4, 0.5) is 0 Å². The Morgan fingerprint density at radius 2 is 2.07 bits per heavy atom. The highest BCUT2D eigenvalue weighted by molar-refractivity contribution is 5.83. The van der Waals surface area contributed by atoms with Gasteiger partial charge in [0.25, 0.3) is 0 Å². The molecule has 1 N–H and O–H groups in total. The molecule has 0 atom stereocenters. The first kappa shape index (κ1) is 9.77. The summed E-state index contributed by atoms with van der Waals surface area (Å²) in [6, 6.07) is 6.99. The number of rotatable bonds is 2. The van der Waals surface area contributed by atoms with Crippen LogP contribution in [0, 0.1) is 0 Å². The van der Waals surface area contributed by atoms with Gasteiger partial charge in [0.1, 0.15) is 11.3 Å². The summed E-state index contributed by atoms with van der Waals surface area (Å²) in [5.41, 5.74) is 0.365. The van der Waals surface area contributed by atoms with Crippen molar-refractivity contribution in [3.05, 3.63) is 40.2 Å². The SMILES string of the molecule is CCCc1c(O)c2ccccc2oc1=O. The minimum Gasteiger partial charge on any atom is -0.507 e. The van der Waals surface area contributed by atoms with Crippen LogP contribution in [-0.2, 0) is 6.42 Å². The molecule has 2 rings (SSSR count). The van der Waals surface area contributed by atoms with E-state index >= 15 is 0 Å². The molecular weight excluding hydrogens is 192 g/mol. The van der Waals surface area contributed by atoms with Crippen molar-refractivity contribution in [3.63, 3.8) is 0 Å². The average molecular weight is 204 g/mol. The molecule has 0 saturated heterocycles. The zero-order valence-electron chi connectivity index (χ0n) is 8.49. The van der Waals surface area contributed by atoms with Gasteiger partial charge in [-0.1, -0.05) is 25.5 Å². The highest BCUT2D eigenvalue weighted by Gasteiger charge is 2.11. The summed E-state index contributed by atoms with van der Waals surface area (Å²) in [5, 5.41) is 10.5. The summed E-state index contributed by atoms with van der Waals surface area (Å²) >= 11 is 0. The molecule has 0 radical (unpaired) electrons. The fraction of sp³-hybridized carbons (Fsp3) is 0.250. The molecule has 0 aliphatic heterocycles. The van der Waals surface area contributed by atoms with Gasteiger partial charge in [-0.15, -0.1) is 0 Å². The van der Waals surface area contributed by atoms with Crippen molar-refractivity contribution in [1.29, 1.82) is 0 Å². The molecule has 2 aromatic rings. The van der Waals surface area contributed by atoms with Crippen molar-refractivity contribution < 1.29 is 9.52 Å². The fourth-order valence-electron chi connectivity index (χ4n) is 1.64. The van der Waals surface area contributed by atoms with Crippen LogP contribution in [-0.4, -0.2) is 5.11 Å². The van der Waals surface area contributed by atoms with Gasteiger partial charge in [-0.2, -0.15) is 0 Å². The van der Waals surface area contributed by atoms with Crippen LogP contribution in [0.15, 0.2) is 33.5 Å². The monoisotopic (exact) mass is 204 g/mol. The minimum atomic E-state index is -0.437. The van der Waals surface area contributed by atoms with Crippen LogP contribution in [0.2, 0.25) is 0 Å². The molecule has 0 spiro atoms. The van der Waals surface area contributed by atoms with Crippen LogP contribution < -0.4 is 5.63 Å². The Hall–Kier alpha value is -1.77. The number of hydrogen-bond acceptors (Lipinski definition) is 3. The van der Waals surface area contributed by atoms with E-state index in [1.54, 1.807) is 24.3 Å². The summed E-state index contributed by atoms with van der Waals surface area (Å²) < 4.78 is 5.11. The number of aromatic hydroxyl groups is 1. The van der Waals surface area contributed by atoms with Crippen molar-refractivity contribution in [2.24, 2.45) is 0 Å². The molecule has 1 aromatic heterocycles. The van der Waals surface area contributed by atoms with Gasteiger partial charge >= 0.3 is 5.63 Å². The Kier molecular flexibility index (Phi) is 2.46. The van der Waals surface area contributed by atoms with Crippen molar-refractivity contribution >= 4 is 11.0 Å². The number of para-hydroxylation sites is 1. The van der Waals surface area contributed by atoms with E-state index in [1.165, 1.54) is 0 Å². The lowest BCUT2D eigenvalue weighted by Gasteiger charge is -2.04. The predicted octanol–water partition coefficient (Wildman–Crippen LogP) is 2.45. The molecule has 0 amide bonds. The average Bonchev–Trinajstić information content (AvgIpc) is 2.24. The van der Waals surface area contributed by atoms with E-state index in [-0.39, 0.29) is 5.75 Å². The third kappa shape index (κ3) is 1.61. The predicted molar refractivity (Wildman–Crippen MR) is 58.1 cm³/mol. The molecule has 1 heterocycles. The van der Waals surface area contributed by atoms with Crippen molar-refractivity contribution in [2.45, 2.75) is 19.8 Å². The topological polar surface area (TPSA) is 50.4 Å². The van der Waals surface area contributed by atoms with E-state index in [4.69, 9.17) is 4.42 Å². The molecule has 78 valence electrons. The summed E-state index contributed by atoms with van der Waals surface area (Å²) in [6.07, 6.45) is 1.34. The number of fused-ring (bicyclic) bond motifs is 1. The summed E-state index contributed by atoms with van der Waals surface area (Å²) in [5.74, 6) is 0.0590. The van der Waals surface area contributed by atoms with Gasteiger partial charge in [0, 0.05) is 0 Å². The molecule has 15 heavy (non-hydrogen) atoms. The lowest BCUT2D eigenvalue weighted by molar-refractivity contribution is 0.456. The molecule has 0 bridgehead atoms. The molecule has 0 aliphatic rings. The lowest BCUT2D eigenvalue weighted by Crippen LogP contribution is -2.07. The summed E-state index contributed by atoms with van der Waals surface area (Å²) in [6.45, 7) is 1.95. The van der Waals surface area contributed by atoms with Crippen molar-refractivity contribution in [3.8, 4) is 5.75 Å². The molecule has 0 fully saturated rings. The molecule has 0 saturated carbocycles. The molecule has 3 heteroatoms. The van der Waals surface area contributed by atoms with Crippen LogP contribution in [0.3, 0.4) is 0 Å². The van der Waals surface area contributed by atoms with E-state index in [1.807, 2.05) is 6.92 Å². The van der Waals surface area contributed by atoms with Crippen LogP contribution in [0.25, 0.3) is 11.0 Å². The Labute approximate surface area is 87.0 Å². The summed E-state index contributed by atoms with van der Waals surface area (Å²) in [7, 11) is 0. The largest absolute Gasteiger partial charge is 0.507 e. The van der Waals surface area contributed by atoms with E-state index in [9.17, 15) is 9.90 Å². The Morgan fingerprint density at radius 3 is 2.80 bits per heavy atom. The van der Waals surface area contributed by atoms with Gasteiger partial charge in [0.05, 0.1) is 10.9 Å². The molecule has 0 aliphatic carbocycles. The second kappa shape index (κ2) is 3.77. The van der Waals surface area contributed by atoms with E-state index in [2.05, 4.69) is 0 Å². The first-order valence-corrected chi connectivity index (χ1v) is 4.97. The standard InChI is InChI=1S/C12H12O3/c1-2-5-9-11(13)8-6-3-4-7-10(8)15-12(9)14/h3-4,6-7,13H,2,5H2,1H3. The van der Waals surface area contributed by atoms with E-state index in [0.717, 1.165) is 6.42 Å². The minimum absolute atomic E-state index is 0.0590. The van der Waals surface area contributed by atoms with Crippen LogP contribution >= 0.6 is 0 Å². The van der Waals surface area contributed by atoms with E-state index < -0.39 is 5.63 Å². The smallest absolute Gasteiger partial charge is 0.343 e. The quantitative estimate of drug-likeness (QED) is 0.764. The normalized spacial score (nSPS) is 10.7. The zero-order valence-corrected chi connectivity index (χ0v) is 8.49. The van der Waals surface area contributed by atoms with Crippen molar-refractivity contribution in [2.75, 3.05) is 0 Å². The molecule has 3 nitrogen and oxygen atoms in total. The van der Waals surface area contributed by atoms with Gasteiger partial charge < -0.3 is 9.52 Å². The first-order valence-electron chi connectivity index (χ1n) is 4.97. The maximum atomic E-state index is 11.5. The van der Waals surface area contributed by atoms with Crippen molar-refractivity contribution in [1.82, 2.24) is 0 Å². The van der Waals surface area contributed by atoms with Gasteiger partial charge in [0.2, 0.25) is 0 Å². The number of hydrogen-bond donors (Lipinski definition) is 1. The van der Waals surface area contributed by atoms with Gasteiger partial charge in [-0.05, 0) is 18.6 Å². The molecular formula is C12H12O3. The first-order chi connectivity index (χ1) is 7.24. The highest BCUT2D eigenvalue weighted by Crippen LogP contribution is 2.26. The maximum absolute atomic E-state index is 11.5. The van der Waals surface area contributed by atoms with Crippen LogP contribution in [0.5, 0.6) is 5.75 Å². The highest BCUT2D eigenvalue weighted by atomic mass is 16.4. The Morgan fingerprint density at radius 1 is 1.33 bits per heavy atom. The van der Waals surface area contributed by atoms with E-state index in [0.29, 0.717) is 23.0 Å². The second-order valence-corrected chi connectivity index (χ2v) is 3.46. The third-order valence-electron chi connectivity index (χ3n) is 2.38. The molecule has 1 aromatic carbocycles. The molecule has 0 unspecified atom stereocenters. The Balaban J connectivity index is 2.78. The third-order valence-corrected chi connectivity index (χ3v) is 2.38. The number of benzene rings is 1. The second-order valence-electron chi connectivity index (χ2n) is 3.46. The zero-order chi connectivity index (χ0) is 10.8. The summed E-state index contributed by atoms with van der Waals surface area (Å²) in [4.78, 5) is 11.5. The maximum Gasteiger partial charge on any atom is 0.343 e. The fourth-order valence-corrected chi connectivity index (χ4v) is 1.64. The van der Waals surface area contributed by atoms with Gasteiger partial charge in [0.15, 0.2) is 0 Å². The van der Waals surface area contributed by atoms with Crippen LogP contribution in [0.1, 0.15) is 18.9 Å². The lowest BCUT2D eigenvalue weighted by atomic mass is 10.1. The van der Waals surface area contributed by atoms with Gasteiger partial charge in [-0.3, -0.25) is 0 Å².